The molecule has 1 heterocycles. The number of carbonyl (C=O) groups is 1. The third kappa shape index (κ3) is 3.72. The molecule has 0 fully saturated rings. The van der Waals surface area contributed by atoms with E-state index in [0.29, 0.717) is 32.7 Å². The lowest BCUT2D eigenvalue weighted by molar-refractivity contribution is 0.103. The Hall–Kier alpha value is -2.80. The highest BCUT2D eigenvalue weighted by molar-refractivity contribution is 6.32. The molecule has 0 saturated heterocycles. The van der Waals surface area contributed by atoms with Crippen molar-refractivity contribution in [1.82, 2.24) is 0 Å². The number of hydrogen-bond donors (Lipinski definition) is 0. The summed E-state index contributed by atoms with van der Waals surface area (Å²) in [6, 6.07) is 17.7. The molecule has 0 radical (unpaired) electrons. The van der Waals surface area contributed by atoms with Gasteiger partial charge in [-0.3, -0.25) is 4.79 Å². The lowest BCUT2D eigenvalue weighted by atomic mass is 10.0. The van der Waals surface area contributed by atoms with Crippen LogP contribution in [0.5, 0.6) is 0 Å². The molecule has 3 rings (SSSR count). The maximum atomic E-state index is 12.8. The van der Waals surface area contributed by atoms with Crippen LogP contribution in [0.25, 0.3) is 17.4 Å². The van der Waals surface area contributed by atoms with Crippen molar-refractivity contribution in [3.05, 3.63) is 87.1 Å². The van der Waals surface area contributed by atoms with Crippen molar-refractivity contribution in [3.63, 3.8) is 0 Å². The summed E-state index contributed by atoms with van der Waals surface area (Å²) < 4.78 is 5.70. The highest BCUT2D eigenvalue weighted by Gasteiger charge is 2.20. The molecule has 0 aliphatic carbocycles. The van der Waals surface area contributed by atoms with Gasteiger partial charge in [0.1, 0.15) is 23.2 Å². The van der Waals surface area contributed by atoms with Crippen molar-refractivity contribution in [2.45, 2.75) is 6.92 Å². The fourth-order valence-corrected chi connectivity index (χ4v) is 2.82. The number of ketones is 1. The molecule has 26 heavy (non-hydrogen) atoms. The summed E-state index contributed by atoms with van der Waals surface area (Å²) in [6.45, 7) is 1.69. The average molecular weight is 382 g/mol. The summed E-state index contributed by atoms with van der Waals surface area (Å²) in [5, 5.41) is 10.5. The van der Waals surface area contributed by atoms with Crippen LogP contribution in [0, 0.1) is 18.3 Å². The van der Waals surface area contributed by atoms with Gasteiger partial charge in [-0.05, 0) is 55.0 Å². The fraction of sp³-hybridized carbons (Fsp3) is 0.0476. The normalized spacial score (nSPS) is 11.2. The number of nitriles is 1. The number of nitrogens with zero attached hydrogens (tertiary/aromatic N) is 1. The molecule has 0 aliphatic rings. The number of allylic oxidation sites excluding steroid dienone is 1. The third-order valence-corrected chi connectivity index (χ3v) is 4.46. The summed E-state index contributed by atoms with van der Waals surface area (Å²) in [6.07, 6.45) is 1.49. The summed E-state index contributed by atoms with van der Waals surface area (Å²) in [4.78, 5) is 12.8. The SMILES string of the molecule is Cc1oc(-c2ccc(Cl)cc2)cc1C(=O)/C(C#N)=C\c1ccccc1Cl. The third-order valence-electron chi connectivity index (χ3n) is 3.86. The maximum absolute atomic E-state index is 12.8. The number of halogens is 2. The number of Topliss-reactive ketones (excluding diaryl/α,β-unsaturated/α-hetero) is 1. The smallest absolute Gasteiger partial charge is 0.207 e. The van der Waals surface area contributed by atoms with Crippen LogP contribution in [0.4, 0.5) is 0 Å². The molecule has 3 nitrogen and oxygen atoms in total. The van der Waals surface area contributed by atoms with Gasteiger partial charge in [0, 0.05) is 15.6 Å². The maximum Gasteiger partial charge on any atom is 0.207 e. The first-order chi connectivity index (χ1) is 12.5. The van der Waals surface area contributed by atoms with Gasteiger partial charge in [0.15, 0.2) is 0 Å². The Balaban J connectivity index is 1.98. The molecule has 0 bridgehead atoms. The zero-order chi connectivity index (χ0) is 18.7. The monoisotopic (exact) mass is 381 g/mol. The molecule has 0 atom stereocenters. The van der Waals surface area contributed by atoms with Gasteiger partial charge in [0.2, 0.25) is 5.78 Å². The van der Waals surface area contributed by atoms with Gasteiger partial charge in [0.05, 0.1) is 5.56 Å². The van der Waals surface area contributed by atoms with E-state index in [1.54, 1.807) is 61.5 Å². The van der Waals surface area contributed by atoms with E-state index >= 15 is 0 Å². The molecule has 0 aliphatic heterocycles. The van der Waals surface area contributed by atoms with Gasteiger partial charge in [-0.2, -0.15) is 5.26 Å². The number of hydrogen-bond acceptors (Lipinski definition) is 3. The number of aryl methyl sites for hydroxylation is 1. The molecule has 2 aromatic carbocycles. The number of rotatable bonds is 4. The predicted molar refractivity (Wildman–Crippen MR) is 103 cm³/mol. The molecule has 0 unspecified atom stereocenters. The van der Waals surface area contributed by atoms with Crippen molar-refractivity contribution in [2.75, 3.05) is 0 Å². The Morgan fingerprint density at radius 2 is 1.81 bits per heavy atom. The summed E-state index contributed by atoms with van der Waals surface area (Å²) in [7, 11) is 0. The molecule has 1 aromatic heterocycles. The van der Waals surface area contributed by atoms with E-state index in [1.165, 1.54) is 6.08 Å². The Kier molecular flexibility index (Phi) is 5.27. The van der Waals surface area contributed by atoms with Gasteiger partial charge in [0.25, 0.3) is 0 Å². The lowest BCUT2D eigenvalue weighted by Crippen LogP contribution is -2.02. The van der Waals surface area contributed by atoms with E-state index in [4.69, 9.17) is 27.6 Å². The average Bonchev–Trinajstić information content (AvgIpc) is 3.03. The Labute approximate surface area is 161 Å². The van der Waals surface area contributed by atoms with Crippen molar-refractivity contribution in [1.29, 1.82) is 5.26 Å². The zero-order valence-electron chi connectivity index (χ0n) is 13.8. The largest absolute Gasteiger partial charge is 0.461 e. The number of furan rings is 1. The van der Waals surface area contributed by atoms with Crippen LogP contribution in [0.3, 0.4) is 0 Å². The second kappa shape index (κ2) is 7.61. The Morgan fingerprint density at radius 3 is 2.46 bits per heavy atom. The van der Waals surface area contributed by atoms with E-state index in [0.717, 1.165) is 5.56 Å². The zero-order valence-corrected chi connectivity index (χ0v) is 15.3. The van der Waals surface area contributed by atoms with Crippen LogP contribution < -0.4 is 0 Å². The van der Waals surface area contributed by atoms with Crippen molar-refractivity contribution in [2.24, 2.45) is 0 Å². The van der Waals surface area contributed by atoms with Crippen LogP contribution in [-0.4, -0.2) is 5.78 Å². The molecule has 0 saturated carbocycles. The fourth-order valence-electron chi connectivity index (χ4n) is 2.51. The predicted octanol–water partition coefficient (Wildman–Crippen LogP) is 6.35. The number of carbonyl (C=O) groups excluding carboxylic acids is 1. The van der Waals surface area contributed by atoms with Gasteiger partial charge in [-0.25, -0.2) is 0 Å². The van der Waals surface area contributed by atoms with Crippen molar-refractivity contribution < 1.29 is 9.21 Å². The van der Waals surface area contributed by atoms with E-state index in [2.05, 4.69) is 0 Å². The van der Waals surface area contributed by atoms with Gasteiger partial charge in [-0.15, -0.1) is 0 Å². The minimum Gasteiger partial charge on any atom is -0.461 e. The molecule has 0 N–H and O–H groups in total. The molecule has 128 valence electrons. The molecular formula is C21H13Cl2NO2. The molecule has 0 amide bonds. The Morgan fingerprint density at radius 1 is 1.12 bits per heavy atom. The highest BCUT2D eigenvalue weighted by atomic mass is 35.5. The van der Waals surface area contributed by atoms with E-state index in [9.17, 15) is 10.1 Å². The van der Waals surface area contributed by atoms with E-state index in [1.807, 2.05) is 6.07 Å². The molecule has 0 spiro atoms. The topological polar surface area (TPSA) is 54.0 Å². The first-order valence-corrected chi connectivity index (χ1v) is 8.52. The number of benzene rings is 2. The summed E-state index contributed by atoms with van der Waals surface area (Å²) in [5.74, 6) is 0.576. The second-order valence-electron chi connectivity index (χ2n) is 5.61. The lowest BCUT2D eigenvalue weighted by Gasteiger charge is -2.00. The Bertz CT molecular complexity index is 1040. The van der Waals surface area contributed by atoms with Crippen LogP contribution in [0.1, 0.15) is 21.7 Å². The molecular weight excluding hydrogens is 369 g/mol. The van der Waals surface area contributed by atoms with Crippen LogP contribution in [0.15, 0.2) is 64.6 Å². The van der Waals surface area contributed by atoms with Crippen LogP contribution >= 0.6 is 23.2 Å². The van der Waals surface area contributed by atoms with Gasteiger partial charge < -0.3 is 4.42 Å². The highest BCUT2D eigenvalue weighted by Crippen LogP contribution is 2.28. The summed E-state index contributed by atoms with van der Waals surface area (Å²) >= 11 is 12.0. The van der Waals surface area contributed by atoms with E-state index < -0.39 is 5.78 Å². The first-order valence-electron chi connectivity index (χ1n) is 7.77. The first kappa shape index (κ1) is 18.0. The van der Waals surface area contributed by atoms with Crippen molar-refractivity contribution in [3.8, 4) is 17.4 Å². The van der Waals surface area contributed by atoms with Gasteiger partial charge >= 0.3 is 0 Å². The van der Waals surface area contributed by atoms with E-state index in [-0.39, 0.29) is 5.57 Å². The second-order valence-corrected chi connectivity index (χ2v) is 6.45. The quantitative estimate of drug-likeness (QED) is 0.300. The minimum absolute atomic E-state index is 0.00958. The standard InChI is InChI=1S/C21H13Cl2NO2/c1-13-18(11-20(26-13)14-6-8-17(22)9-7-14)21(25)16(12-24)10-15-4-2-3-5-19(15)23/h2-11H,1H3/b16-10-. The minimum atomic E-state index is -0.408. The molecule has 5 heteroatoms. The summed E-state index contributed by atoms with van der Waals surface area (Å²) in [5.41, 5.74) is 1.74. The van der Waals surface area contributed by atoms with Crippen molar-refractivity contribution >= 4 is 35.1 Å². The molecule has 3 aromatic rings. The van der Waals surface area contributed by atoms with Gasteiger partial charge in [-0.1, -0.05) is 41.4 Å². The van der Waals surface area contributed by atoms with Crippen LogP contribution in [0.2, 0.25) is 10.0 Å². The van der Waals surface area contributed by atoms with Crippen LogP contribution in [-0.2, 0) is 0 Å².